The maximum absolute atomic E-state index is 12.9. The van der Waals surface area contributed by atoms with E-state index in [1.807, 2.05) is 55.5 Å². The predicted molar refractivity (Wildman–Crippen MR) is 120 cm³/mol. The molecule has 6 nitrogen and oxygen atoms in total. The highest BCUT2D eigenvalue weighted by Crippen LogP contribution is 2.36. The minimum Gasteiger partial charge on any atom is -0.495 e. The number of furan rings is 1. The van der Waals surface area contributed by atoms with Gasteiger partial charge in [-0.1, -0.05) is 24.3 Å². The van der Waals surface area contributed by atoms with Crippen LogP contribution >= 0.6 is 0 Å². The summed E-state index contributed by atoms with van der Waals surface area (Å²) in [7, 11) is 3.19. The van der Waals surface area contributed by atoms with Crippen LogP contribution in [-0.2, 0) is 4.79 Å². The van der Waals surface area contributed by atoms with E-state index in [9.17, 15) is 4.79 Å². The summed E-state index contributed by atoms with van der Waals surface area (Å²) in [4.78, 5) is 12.9. The molecule has 0 saturated carbocycles. The SMILES string of the molecule is COc1cc2c(cc1NC(=O)[C@H](C)Nc1cc(C)ccc1OC)oc1ccccc12. The van der Waals surface area contributed by atoms with Gasteiger partial charge in [-0.15, -0.1) is 0 Å². The van der Waals surface area contributed by atoms with Crippen molar-refractivity contribution in [2.24, 2.45) is 0 Å². The van der Waals surface area contributed by atoms with Crippen LogP contribution < -0.4 is 20.1 Å². The number of rotatable bonds is 6. The van der Waals surface area contributed by atoms with Gasteiger partial charge in [0, 0.05) is 16.8 Å². The highest BCUT2D eigenvalue weighted by molar-refractivity contribution is 6.08. The number of benzene rings is 3. The Labute approximate surface area is 174 Å². The number of fused-ring (bicyclic) bond motifs is 3. The van der Waals surface area contributed by atoms with Gasteiger partial charge >= 0.3 is 0 Å². The second kappa shape index (κ2) is 7.99. The highest BCUT2D eigenvalue weighted by atomic mass is 16.5. The molecule has 0 aliphatic heterocycles. The number of ether oxygens (including phenoxy) is 2. The first-order valence-electron chi connectivity index (χ1n) is 9.71. The van der Waals surface area contributed by atoms with Crippen LogP contribution in [0.1, 0.15) is 12.5 Å². The number of hydrogen-bond donors (Lipinski definition) is 2. The quantitative estimate of drug-likeness (QED) is 0.453. The largest absolute Gasteiger partial charge is 0.495 e. The first-order valence-corrected chi connectivity index (χ1v) is 9.71. The fraction of sp³-hybridized carbons (Fsp3) is 0.208. The van der Waals surface area contributed by atoms with Gasteiger partial charge in [-0.05, 0) is 43.7 Å². The van der Waals surface area contributed by atoms with Gasteiger partial charge < -0.3 is 24.5 Å². The predicted octanol–water partition coefficient (Wildman–Crippen LogP) is 5.35. The zero-order chi connectivity index (χ0) is 21.3. The maximum atomic E-state index is 12.9. The van der Waals surface area contributed by atoms with Crippen molar-refractivity contribution in [3.8, 4) is 11.5 Å². The molecule has 3 aromatic carbocycles. The lowest BCUT2D eigenvalue weighted by atomic mass is 10.1. The summed E-state index contributed by atoms with van der Waals surface area (Å²) in [5.41, 5.74) is 3.87. The summed E-state index contributed by atoms with van der Waals surface area (Å²) >= 11 is 0. The Balaban J connectivity index is 1.60. The van der Waals surface area contributed by atoms with E-state index >= 15 is 0 Å². The van der Waals surface area contributed by atoms with Crippen molar-refractivity contribution in [2.45, 2.75) is 19.9 Å². The molecule has 4 rings (SSSR count). The molecular weight excluding hydrogens is 380 g/mol. The second-order valence-corrected chi connectivity index (χ2v) is 7.21. The van der Waals surface area contributed by atoms with Crippen LogP contribution in [0.2, 0.25) is 0 Å². The van der Waals surface area contributed by atoms with E-state index in [-0.39, 0.29) is 5.91 Å². The Kier molecular flexibility index (Phi) is 5.23. The number of amides is 1. The molecule has 0 spiro atoms. The van der Waals surface area contributed by atoms with Crippen molar-refractivity contribution in [3.63, 3.8) is 0 Å². The van der Waals surface area contributed by atoms with Crippen LogP contribution in [0.25, 0.3) is 21.9 Å². The average molecular weight is 404 g/mol. The molecule has 2 N–H and O–H groups in total. The van der Waals surface area contributed by atoms with Crippen molar-refractivity contribution >= 4 is 39.2 Å². The molecule has 154 valence electrons. The molecule has 0 fully saturated rings. The van der Waals surface area contributed by atoms with E-state index in [1.54, 1.807) is 27.2 Å². The Morgan fingerprint density at radius 1 is 0.900 bits per heavy atom. The topological polar surface area (TPSA) is 72.7 Å². The third-order valence-electron chi connectivity index (χ3n) is 5.08. The Hall–Kier alpha value is -3.67. The molecule has 1 amide bonds. The summed E-state index contributed by atoms with van der Waals surface area (Å²) in [6.45, 7) is 3.78. The maximum Gasteiger partial charge on any atom is 0.246 e. The number of anilines is 2. The smallest absolute Gasteiger partial charge is 0.246 e. The number of methoxy groups -OCH3 is 2. The van der Waals surface area contributed by atoms with Gasteiger partial charge in [-0.2, -0.15) is 0 Å². The zero-order valence-corrected chi connectivity index (χ0v) is 17.4. The molecule has 0 aliphatic carbocycles. The van der Waals surface area contributed by atoms with Gasteiger partial charge in [0.2, 0.25) is 5.91 Å². The number of carbonyl (C=O) groups is 1. The lowest BCUT2D eigenvalue weighted by molar-refractivity contribution is -0.116. The number of carbonyl (C=O) groups excluding carboxylic acids is 1. The van der Waals surface area contributed by atoms with Crippen molar-refractivity contribution in [2.75, 3.05) is 24.9 Å². The molecule has 4 aromatic rings. The van der Waals surface area contributed by atoms with Gasteiger partial charge in [-0.25, -0.2) is 0 Å². The van der Waals surface area contributed by atoms with Gasteiger partial charge in [0.1, 0.15) is 28.7 Å². The van der Waals surface area contributed by atoms with E-state index in [0.29, 0.717) is 22.8 Å². The lowest BCUT2D eigenvalue weighted by Crippen LogP contribution is -2.32. The third-order valence-corrected chi connectivity index (χ3v) is 5.08. The van der Waals surface area contributed by atoms with Crippen LogP contribution in [0, 0.1) is 6.92 Å². The van der Waals surface area contributed by atoms with Crippen LogP contribution in [0.15, 0.2) is 59.0 Å². The van der Waals surface area contributed by atoms with E-state index in [4.69, 9.17) is 13.9 Å². The molecule has 1 heterocycles. The summed E-state index contributed by atoms with van der Waals surface area (Å²) < 4.78 is 16.8. The molecule has 0 radical (unpaired) electrons. The monoisotopic (exact) mass is 404 g/mol. The third kappa shape index (κ3) is 3.64. The molecule has 6 heteroatoms. The van der Waals surface area contributed by atoms with Gasteiger partial charge in [0.05, 0.1) is 25.6 Å². The minimum atomic E-state index is -0.503. The second-order valence-electron chi connectivity index (χ2n) is 7.21. The first-order chi connectivity index (χ1) is 14.5. The average Bonchev–Trinajstić information content (AvgIpc) is 3.10. The van der Waals surface area contributed by atoms with Crippen LogP contribution in [0.3, 0.4) is 0 Å². The molecule has 0 aliphatic rings. The van der Waals surface area contributed by atoms with Crippen molar-refractivity contribution in [1.29, 1.82) is 0 Å². The van der Waals surface area contributed by atoms with Crippen LogP contribution in [-0.4, -0.2) is 26.2 Å². The highest BCUT2D eigenvalue weighted by Gasteiger charge is 2.18. The minimum absolute atomic E-state index is 0.202. The van der Waals surface area contributed by atoms with E-state index in [2.05, 4.69) is 10.6 Å². The van der Waals surface area contributed by atoms with Gasteiger partial charge in [-0.3, -0.25) is 4.79 Å². The molecule has 0 unspecified atom stereocenters. The molecular formula is C24H24N2O4. The van der Waals surface area contributed by atoms with Gasteiger partial charge in [0.25, 0.3) is 0 Å². The fourth-order valence-corrected chi connectivity index (χ4v) is 3.49. The normalized spacial score (nSPS) is 12.0. The summed E-state index contributed by atoms with van der Waals surface area (Å²) in [6.07, 6.45) is 0. The van der Waals surface area contributed by atoms with Crippen LogP contribution in [0.4, 0.5) is 11.4 Å². The lowest BCUT2D eigenvalue weighted by Gasteiger charge is -2.18. The number of aryl methyl sites for hydroxylation is 1. The molecule has 30 heavy (non-hydrogen) atoms. The van der Waals surface area contributed by atoms with E-state index in [1.165, 1.54) is 0 Å². The number of nitrogens with one attached hydrogen (secondary N) is 2. The van der Waals surface area contributed by atoms with Crippen molar-refractivity contribution in [1.82, 2.24) is 0 Å². The summed E-state index contributed by atoms with van der Waals surface area (Å²) in [5.74, 6) is 1.05. The van der Waals surface area contributed by atoms with E-state index in [0.717, 1.165) is 27.6 Å². The zero-order valence-electron chi connectivity index (χ0n) is 17.4. The summed E-state index contributed by atoms with van der Waals surface area (Å²) in [5, 5.41) is 8.11. The van der Waals surface area contributed by atoms with Crippen LogP contribution in [0.5, 0.6) is 11.5 Å². The van der Waals surface area contributed by atoms with E-state index < -0.39 is 6.04 Å². The number of para-hydroxylation sites is 1. The van der Waals surface area contributed by atoms with Crippen molar-refractivity contribution < 1.29 is 18.7 Å². The van der Waals surface area contributed by atoms with Crippen molar-refractivity contribution in [3.05, 3.63) is 60.2 Å². The molecule has 1 aromatic heterocycles. The van der Waals surface area contributed by atoms with Gasteiger partial charge in [0.15, 0.2) is 0 Å². The Morgan fingerprint density at radius 3 is 2.43 bits per heavy atom. The molecule has 0 bridgehead atoms. The fourth-order valence-electron chi connectivity index (χ4n) is 3.49. The summed E-state index contributed by atoms with van der Waals surface area (Å²) in [6, 6.07) is 16.8. The molecule has 1 atom stereocenters. The number of hydrogen-bond acceptors (Lipinski definition) is 5. The molecule has 0 saturated heterocycles. The standard InChI is InChI=1S/C24H24N2O4/c1-14-9-10-21(28-3)18(11-14)25-15(2)24(27)26-19-13-22-17(12-23(19)29-4)16-7-5-6-8-20(16)30-22/h5-13,15,25H,1-4H3,(H,26,27)/t15-/m0/s1. The Bertz CT molecular complexity index is 1230. The Morgan fingerprint density at radius 2 is 1.67 bits per heavy atom. The first kappa shape index (κ1) is 19.6.